The van der Waals surface area contributed by atoms with E-state index in [0.717, 1.165) is 11.1 Å². The molecule has 0 heterocycles. The minimum absolute atomic E-state index is 0.210. The van der Waals surface area contributed by atoms with Crippen LogP contribution in [0, 0.1) is 0 Å². The van der Waals surface area contributed by atoms with Crippen molar-refractivity contribution in [2.24, 2.45) is 5.16 Å². The number of sulfone groups is 1. The van der Waals surface area contributed by atoms with Crippen molar-refractivity contribution in [2.45, 2.75) is 36.2 Å². The third kappa shape index (κ3) is 7.40. The summed E-state index contributed by atoms with van der Waals surface area (Å²) in [5.74, 6) is -0.361. The molecular formula is C27H29NO7S. The molecule has 8 nitrogen and oxygen atoms in total. The van der Waals surface area contributed by atoms with E-state index < -0.39 is 21.9 Å². The number of carboxylic acids is 1. The molecular weight excluding hydrogens is 482 g/mol. The minimum Gasteiger partial charge on any atom is -0.490 e. The lowest BCUT2D eigenvalue weighted by Gasteiger charge is -2.12. The molecule has 1 unspecified atom stereocenters. The van der Waals surface area contributed by atoms with Crippen molar-refractivity contribution in [1.29, 1.82) is 0 Å². The van der Waals surface area contributed by atoms with E-state index in [1.165, 1.54) is 0 Å². The number of hydrogen-bond donors (Lipinski definition) is 1. The van der Waals surface area contributed by atoms with Gasteiger partial charge in [0.25, 0.3) is 0 Å². The summed E-state index contributed by atoms with van der Waals surface area (Å²) in [7, 11) is -3.57. The quantitative estimate of drug-likeness (QED) is 0.206. The molecule has 0 saturated heterocycles. The summed E-state index contributed by atoms with van der Waals surface area (Å²) in [5, 5.41) is 13.3. The maximum atomic E-state index is 12.7. The summed E-state index contributed by atoms with van der Waals surface area (Å²) in [6.07, 6.45) is -0.597. The summed E-state index contributed by atoms with van der Waals surface area (Å²) in [6, 6.07) is 21.9. The molecule has 3 aromatic rings. The monoisotopic (exact) mass is 511 g/mol. The lowest BCUT2D eigenvalue weighted by Crippen LogP contribution is -2.26. The van der Waals surface area contributed by atoms with E-state index >= 15 is 0 Å². The van der Waals surface area contributed by atoms with Crippen LogP contribution in [0.3, 0.4) is 0 Å². The zero-order chi connectivity index (χ0) is 26.0. The maximum Gasteiger partial charge on any atom is 0.333 e. The Morgan fingerprint density at radius 1 is 0.917 bits per heavy atom. The smallest absolute Gasteiger partial charge is 0.333 e. The fourth-order valence-corrected chi connectivity index (χ4v) is 4.64. The van der Waals surface area contributed by atoms with Crippen LogP contribution in [0.1, 0.15) is 25.0 Å². The second kappa shape index (κ2) is 12.9. The molecule has 0 radical (unpaired) electrons. The highest BCUT2D eigenvalue weighted by atomic mass is 32.2. The highest BCUT2D eigenvalue weighted by Crippen LogP contribution is 2.21. The molecule has 0 bridgehead atoms. The van der Waals surface area contributed by atoms with Crippen LogP contribution < -0.4 is 4.74 Å². The fraction of sp³-hybridized carbons (Fsp3) is 0.259. The van der Waals surface area contributed by atoms with Gasteiger partial charge in [0.05, 0.1) is 15.5 Å². The Kier molecular flexibility index (Phi) is 9.61. The Hall–Kier alpha value is -3.69. The van der Waals surface area contributed by atoms with E-state index in [9.17, 15) is 18.3 Å². The Morgan fingerprint density at radius 2 is 1.56 bits per heavy atom. The van der Waals surface area contributed by atoms with E-state index in [0.29, 0.717) is 18.1 Å². The van der Waals surface area contributed by atoms with E-state index in [1.807, 2.05) is 0 Å². The van der Waals surface area contributed by atoms with Crippen LogP contribution in [0.25, 0.3) is 0 Å². The molecule has 0 aliphatic carbocycles. The Balaban J connectivity index is 1.47. The average Bonchev–Trinajstić information content (AvgIpc) is 2.89. The first kappa shape index (κ1) is 26.9. The minimum atomic E-state index is -3.57. The van der Waals surface area contributed by atoms with Crippen LogP contribution in [0.2, 0.25) is 0 Å². The van der Waals surface area contributed by atoms with Gasteiger partial charge in [-0.05, 0) is 61.4 Å². The molecule has 9 heteroatoms. The predicted octanol–water partition coefficient (Wildman–Crippen LogP) is 4.37. The SMILES string of the molecule is CCOC(Cc1ccc(OCCO/N=C(/C)c2ccc(S(=O)(=O)c3ccccc3)cc2)cc1)C(=O)O. The molecule has 190 valence electrons. The average molecular weight is 512 g/mol. The van der Waals surface area contributed by atoms with E-state index in [2.05, 4.69) is 5.16 Å². The second-order valence-corrected chi connectivity index (χ2v) is 9.78. The van der Waals surface area contributed by atoms with Crippen molar-refractivity contribution < 1.29 is 32.6 Å². The van der Waals surface area contributed by atoms with Crippen LogP contribution in [0.15, 0.2) is 93.8 Å². The zero-order valence-corrected chi connectivity index (χ0v) is 21.0. The second-order valence-electron chi connectivity index (χ2n) is 7.83. The summed E-state index contributed by atoms with van der Waals surface area (Å²) in [5.41, 5.74) is 2.18. The standard InChI is InChI=1S/C27H29NO7S/c1-3-33-26(27(29)30)19-21-9-13-23(14-10-21)34-17-18-35-28-20(2)22-11-15-25(16-12-22)36(31,32)24-7-5-4-6-8-24/h4-16,26H,3,17-19H2,1-2H3,(H,29,30)/b28-20-. The molecule has 36 heavy (non-hydrogen) atoms. The number of oxime groups is 1. The van der Waals surface area contributed by atoms with Gasteiger partial charge in [-0.1, -0.05) is 47.6 Å². The number of nitrogens with zero attached hydrogens (tertiary/aromatic N) is 1. The van der Waals surface area contributed by atoms with Crippen LogP contribution in [-0.4, -0.2) is 51.1 Å². The molecule has 0 spiro atoms. The Bertz CT molecular complexity index is 1260. The summed E-state index contributed by atoms with van der Waals surface area (Å²) in [4.78, 5) is 17.0. The van der Waals surface area contributed by atoms with Crippen LogP contribution >= 0.6 is 0 Å². The predicted molar refractivity (Wildman–Crippen MR) is 135 cm³/mol. The first-order valence-electron chi connectivity index (χ1n) is 11.4. The summed E-state index contributed by atoms with van der Waals surface area (Å²) in [6.45, 7) is 4.34. The Morgan fingerprint density at radius 3 is 2.17 bits per heavy atom. The molecule has 0 aliphatic heterocycles. The van der Waals surface area contributed by atoms with Gasteiger partial charge in [0, 0.05) is 13.0 Å². The first-order valence-corrected chi connectivity index (χ1v) is 12.9. The van der Waals surface area contributed by atoms with Crippen molar-refractivity contribution in [2.75, 3.05) is 19.8 Å². The van der Waals surface area contributed by atoms with Gasteiger partial charge >= 0.3 is 5.97 Å². The highest BCUT2D eigenvalue weighted by molar-refractivity contribution is 7.91. The molecule has 3 aromatic carbocycles. The molecule has 0 aliphatic rings. The highest BCUT2D eigenvalue weighted by Gasteiger charge is 2.18. The molecule has 0 aromatic heterocycles. The van der Waals surface area contributed by atoms with Crippen LogP contribution in [0.4, 0.5) is 0 Å². The van der Waals surface area contributed by atoms with E-state index in [1.54, 1.807) is 92.7 Å². The number of hydrogen-bond acceptors (Lipinski definition) is 7. The van der Waals surface area contributed by atoms with Gasteiger partial charge in [0.1, 0.15) is 12.4 Å². The molecule has 1 atom stereocenters. The molecule has 0 saturated carbocycles. The zero-order valence-electron chi connectivity index (χ0n) is 20.2. The van der Waals surface area contributed by atoms with Gasteiger partial charge < -0.3 is 19.4 Å². The van der Waals surface area contributed by atoms with Gasteiger partial charge in [-0.15, -0.1) is 0 Å². The van der Waals surface area contributed by atoms with E-state index in [-0.39, 0.29) is 29.4 Å². The third-order valence-electron chi connectivity index (χ3n) is 5.27. The number of ether oxygens (including phenoxy) is 2. The van der Waals surface area contributed by atoms with Gasteiger partial charge in [-0.2, -0.15) is 0 Å². The van der Waals surface area contributed by atoms with Crippen molar-refractivity contribution in [3.05, 3.63) is 90.0 Å². The number of carbonyl (C=O) groups is 1. The number of benzene rings is 3. The van der Waals surface area contributed by atoms with Gasteiger partial charge in [-0.3, -0.25) is 0 Å². The Labute approximate surface area is 211 Å². The lowest BCUT2D eigenvalue weighted by atomic mass is 10.1. The van der Waals surface area contributed by atoms with E-state index in [4.69, 9.17) is 14.3 Å². The maximum absolute atomic E-state index is 12.7. The topological polar surface area (TPSA) is 111 Å². The number of aliphatic carboxylic acids is 1. The van der Waals surface area contributed by atoms with Crippen molar-refractivity contribution in [1.82, 2.24) is 0 Å². The van der Waals surface area contributed by atoms with Crippen molar-refractivity contribution in [3.63, 3.8) is 0 Å². The van der Waals surface area contributed by atoms with Crippen molar-refractivity contribution in [3.8, 4) is 5.75 Å². The lowest BCUT2D eigenvalue weighted by molar-refractivity contribution is -0.149. The molecule has 1 N–H and O–H groups in total. The number of rotatable bonds is 13. The van der Waals surface area contributed by atoms with Crippen molar-refractivity contribution >= 4 is 21.5 Å². The molecule has 0 amide bonds. The molecule has 0 fully saturated rings. The summed E-state index contributed by atoms with van der Waals surface area (Å²) < 4.78 is 36.3. The number of carboxylic acid groups (broad SMARTS) is 1. The summed E-state index contributed by atoms with van der Waals surface area (Å²) >= 11 is 0. The third-order valence-corrected chi connectivity index (χ3v) is 7.05. The van der Waals surface area contributed by atoms with Gasteiger partial charge in [0.2, 0.25) is 9.84 Å². The fourth-order valence-electron chi connectivity index (χ4n) is 3.36. The van der Waals surface area contributed by atoms with Crippen LogP contribution in [0.5, 0.6) is 5.75 Å². The molecule has 3 rings (SSSR count). The largest absolute Gasteiger partial charge is 0.490 e. The van der Waals surface area contributed by atoms with Gasteiger partial charge in [-0.25, -0.2) is 13.2 Å². The van der Waals surface area contributed by atoms with Gasteiger partial charge in [0.15, 0.2) is 12.7 Å². The first-order chi connectivity index (χ1) is 17.3. The normalized spacial score (nSPS) is 12.7. The van der Waals surface area contributed by atoms with Crippen LogP contribution in [-0.2, 0) is 30.6 Å².